The Labute approximate surface area is 118 Å². The number of rotatable bonds is 5. The van der Waals surface area contributed by atoms with Crippen LogP contribution in [0.5, 0.6) is 5.75 Å². The van der Waals surface area contributed by atoms with Gasteiger partial charge in [0.15, 0.2) is 0 Å². The third kappa shape index (κ3) is 5.02. The molecule has 0 aliphatic rings. The molecule has 0 saturated heterocycles. The van der Waals surface area contributed by atoms with E-state index in [0.717, 1.165) is 5.56 Å². The summed E-state index contributed by atoms with van der Waals surface area (Å²) in [5, 5.41) is 1.03. The van der Waals surface area contributed by atoms with Crippen LogP contribution in [0.15, 0.2) is 12.1 Å². The molecule has 1 rings (SSSR count). The highest BCUT2D eigenvalue weighted by Crippen LogP contribution is 2.32. The molecule has 1 aromatic rings. The van der Waals surface area contributed by atoms with Crippen molar-refractivity contribution < 1.29 is 9.47 Å². The third-order valence-electron chi connectivity index (χ3n) is 2.17. The minimum atomic E-state index is -0.177. The molecule has 18 heavy (non-hydrogen) atoms. The summed E-state index contributed by atoms with van der Waals surface area (Å²) in [5.41, 5.74) is 6.25. The SMILES string of the molecule is CC(C)(C)OCCOc1c(Cl)cc(Cl)cc1CN. The maximum Gasteiger partial charge on any atom is 0.142 e. The second kappa shape index (κ2) is 6.62. The van der Waals surface area contributed by atoms with Gasteiger partial charge in [-0.15, -0.1) is 0 Å². The first-order valence-electron chi connectivity index (χ1n) is 5.78. The van der Waals surface area contributed by atoms with Gasteiger partial charge in [-0.1, -0.05) is 23.2 Å². The lowest BCUT2D eigenvalue weighted by Crippen LogP contribution is -2.22. The van der Waals surface area contributed by atoms with Gasteiger partial charge in [0.05, 0.1) is 17.2 Å². The van der Waals surface area contributed by atoms with Crippen molar-refractivity contribution in [2.75, 3.05) is 13.2 Å². The van der Waals surface area contributed by atoms with Crippen molar-refractivity contribution in [3.05, 3.63) is 27.7 Å². The Bertz CT molecular complexity index is 403. The van der Waals surface area contributed by atoms with E-state index < -0.39 is 0 Å². The molecule has 5 heteroatoms. The first kappa shape index (κ1) is 15.6. The maximum absolute atomic E-state index is 6.08. The number of halogens is 2. The number of nitrogens with two attached hydrogens (primary N) is 1. The van der Waals surface area contributed by atoms with E-state index in [2.05, 4.69) is 0 Å². The molecule has 0 fully saturated rings. The summed E-state index contributed by atoms with van der Waals surface area (Å²) in [6, 6.07) is 3.40. The molecule has 102 valence electrons. The highest BCUT2D eigenvalue weighted by atomic mass is 35.5. The van der Waals surface area contributed by atoms with Crippen molar-refractivity contribution in [2.24, 2.45) is 5.73 Å². The first-order valence-corrected chi connectivity index (χ1v) is 6.54. The first-order chi connectivity index (χ1) is 8.33. The summed E-state index contributed by atoms with van der Waals surface area (Å²) >= 11 is 12.0. The average molecular weight is 292 g/mol. The zero-order chi connectivity index (χ0) is 13.8. The monoisotopic (exact) mass is 291 g/mol. The molecular weight excluding hydrogens is 273 g/mol. The Morgan fingerprint density at radius 3 is 2.39 bits per heavy atom. The van der Waals surface area contributed by atoms with E-state index >= 15 is 0 Å². The van der Waals surface area contributed by atoms with Crippen molar-refractivity contribution in [1.29, 1.82) is 0 Å². The Balaban J connectivity index is 2.62. The lowest BCUT2D eigenvalue weighted by Gasteiger charge is -2.20. The van der Waals surface area contributed by atoms with E-state index in [0.29, 0.717) is 35.6 Å². The fourth-order valence-electron chi connectivity index (χ4n) is 1.42. The second-order valence-corrected chi connectivity index (χ2v) is 5.73. The van der Waals surface area contributed by atoms with Crippen molar-refractivity contribution in [1.82, 2.24) is 0 Å². The largest absolute Gasteiger partial charge is 0.489 e. The molecular formula is C13H19Cl2NO2. The second-order valence-electron chi connectivity index (χ2n) is 4.89. The van der Waals surface area contributed by atoms with Gasteiger partial charge in [0.2, 0.25) is 0 Å². The molecule has 0 amide bonds. The van der Waals surface area contributed by atoms with Crippen LogP contribution in [0.3, 0.4) is 0 Å². The van der Waals surface area contributed by atoms with Gasteiger partial charge in [-0.2, -0.15) is 0 Å². The topological polar surface area (TPSA) is 44.5 Å². The smallest absolute Gasteiger partial charge is 0.142 e. The van der Waals surface area contributed by atoms with Gasteiger partial charge in [0, 0.05) is 17.1 Å². The zero-order valence-electron chi connectivity index (χ0n) is 10.9. The van der Waals surface area contributed by atoms with Gasteiger partial charge in [-0.25, -0.2) is 0 Å². The molecule has 2 N–H and O–H groups in total. The predicted octanol–water partition coefficient (Wildman–Crippen LogP) is 3.65. The highest BCUT2D eigenvalue weighted by molar-refractivity contribution is 6.35. The maximum atomic E-state index is 6.08. The molecule has 0 aliphatic carbocycles. The lowest BCUT2D eigenvalue weighted by molar-refractivity contribution is -0.0163. The van der Waals surface area contributed by atoms with Gasteiger partial charge in [0.25, 0.3) is 0 Å². The molecule has 0 heterocycles. The van der Waals surface area contributed by atoms with Crippen molar-refractivity contribution in [2.45, 2.75) is 32.9 Å². The molecule has 0 atom stereocenters. The Morgan fingerprint density at radius 2 is 1.83 bits per heavy atom. The summed E-state index contributed by atoms with van der Waals surface area (Å²) in [5.74, 6) is 0.584. The van der Waals surface area contributed by atoms with Crippen molar-refractivity contribution in [3.8, 4) is 5.75 Å². The summed E-state index contributed by atoms with van der Waals surface area (Å²) in [4.78, 5) is 0. The van der Waals surface area contributed by atoms with E-state index in [-0.39, 0.29) is 5.60 Å². The number of hydrogen-bond acceptors (Lipinski definition) is 3. The summed E-state index contributed by atoms with van der Waals surface area (Å²) in [7, 11) is 0. The van der Waals surface area contributed by atoms with E-state index in [9.17, 15) is 0 Å². The van der Waals surface area contributed by atoms with Gasteiger partial charge in [0.1, 0.15) is 12.4 Å². The normalized spacial score (nSPS) is 11.7. The number of benzene rings is 1. The fraction of sp³-hybridized carbons (Fsp3) is 0.538. The fourth-order valence-corrected chi connectivity index (χ4v) is 2.01. The van der Waals surface area contributed by atoms with Crippen LogP contribution in [-0.2, 0) is 11.3 Å². The van der Waals surface area contributed by atoms with Crippen LogP contribution >= 0.6 is 23.2 Å². The van der Waals surface area contributed by atoms with Crippen LogP contribution < -0.4 is 10.5 Å². The zero-order valence-corrected chi connectivity index (χ0v) is 12.4. The molecule has 0 aliphatic heterocycles. The molecule has 0 radical (unpaired) electrons. The molecule has 0 unspecified atom stereocenters. The van der Waals surface area contributed by atoms with Crippen molar-refractivity contribution >= 4 is 23.2 Å². The van der Waals surface area contributed by atoms with E-state index in [1.807, 2.05) is 20.8 Å². The molecule has 0 bridgehead atoms. The molecule has 0 aromatic heterocycles. The quantitative estimate of drug-likeness (QED) is 0.843. The predicted molar refractivity (Wildman–Crippen MR) is 75.6 cm³/mol. The summed E-state index contributed by atoms with van der Waals surface area (Å²) < 4.78 is 11.2. The van der Waals surface area contributed by atoms with Crippen LogP contribution in [0.2, 0.25) is 10.0 Å². The molecule has 1 aromatic carbocycles. The van der Waals surface area contributed by atoms with Gasteiger partial charge in [-0.3, -0.25) is 0 Å². The van der Waals surface area contributed by atoms with Crippen LogP contribution in [0.25, 0.3) is 0 Å². The Hall–Kier alpha value is -0.480. The van der Waals surface area contributed by atoms with Gasteiger partial charge in [-0.05, 0) is 32.9 Å². The Kier molecular flexibility index (Phi) is 5.73. The third-order valence-corrected chi connectivity index (χ3v) is 2.67. The minimum Gasteiger partial charge on any atom is -0.489 e. The molecule has 0 saturated carbocycles. The van der Waals surface area contributed by atoms with E-state index in [4.69, 9.17) is 38.4 Å². The highest BCUT2D eigenvalue weighted by Gasteiger charge is 2.12. The van der Waals surface area contributed by atoms with Crippen LogP contribution in [0, 0.1) is 0 Å². The summed E-state index contributed by atoms with van der Waals surface area (Å²) in [6.45, 7) is 7.22. The standard InChI is InChI=1S/C13H19Cl2NO2/c1-13(2,3)18-5-4-17-12-9(8-16)6-10(14)7-11(12)15/h6-7H,4-5,8,16H2,1-3H3. The van der Waals surface area contributed by atoms with E-state index in [1.165, 1.54) is 0 Å². The average Bonchev–Trinajstić information content (AvgIpc) is 2.24. The van der Waals surface area contributed by atoms with Crippen LogP contribution in [0.1, 0.15) is 26.3 Å². The van der Waals surface area contributed by atoms with Gasteiger partial charge >= 0.3 is 0 Å². The van der Waals surface area contributed by atoms with Crippen LogP contribution in [0.4, 0.5) is 0 Å². The summed E-state index contributed by atoms with van der Waals surface area (Å²) in [6.07, 6.45) is 0. The number of hydrogen-bond donors (Lipinski definition) is 1. The minimum absolute atomic E-state index is 0.177. The van der Waals surface area contributed by atoms with Crippen LogP contribution in [-0.4, -0.2) is 18.8 Å². The molecule has 0 spiro atoms. The number of ether oxygens (including phenoxy) is 2. The van der Waals surface area contributed by atoms with Gasteiger partial charge < -0.3 is 15.2 Å². The van der Waals surface area contributed by atoms with Crippen molar-refractivity contribution in [3.63, 3.8) is 0 Å². The lowest BCUT2D eigenvalue weighted by atomic mass is 10.2. The van der Waals surface area contributed by atoms with E-state index in [1.54, 1.807) is 12.1 Å². The Morgan fingerprint density at radius 1 is 1.17 bits per heavy atom. The molecule has 3 nitrogen and oxygen atoms in total.